The van der Waals surface area contributed by atoms with Crippen molar-refractivity contribution in [2.75, 3.05) is 33.3 Å². The van der Waals surface area contributed by atoms with E-state index in [-0.39, 0.29) is 6.10 Å². The first kappa shape index (κ1) is 13.3. The molecule has 0 aromatic rings. The SMILES string of the molecule is CCOC(CN)CN(C)CC1CC2CCC1C2. The lowest BCUT2D eigenvalue weighted by Gasteiger charge is -2.29. The lowest BCUT2D eigenvalue weighted by atomic mass is 9.88. The van der Waals surface area contributed by atoms with Gasteiger partial charge in [-0.1, -0.05) is 6.42 Å². The summed E-state index contributed by atoms with van der Waals surface area (Å²) in [4.78, 5) is 2.43. The number of nitrogens with zero attached hydrogens (tertiary/aromatic N) is 1. The zero-order valence-corrected chi connectivity index (χ0v) is 11.4. The maximum atomic E-state index is 5.72. The smallest absolute Gasteiger partial charge is 0.0823 e. The molecule has 2 aliphatic rings. The summed E-state index contributed by atoms with van der Waals surface area (Å²) in [5.74, 6) is 3.01. The number of hydrogen-bond acceptors (Lipinski definition) is 3. The molecule has 0 aromatic heterocycles. The van der Waals surface area contributed by atoms with Crippen LogP contribution in [0, 0.1) is 17.8 Å². The van der Waals surface area contributed by atoms with Crippen molar-refractivity contribution in [3.8, 4) is 0 Å². The van der Waals surface area contributed by atoms with Crippen LogP contribution in [0.3, 0.4) is 0 Å². The van der Waals surface area contributed by atoms with Gasteiger partial charge in [0.1, 0.15) is 0 Å². The van der Waals surface area contributed by atoms with Gasteiger partial charge in [-0.2, -0.15) is 0 Å². The highest BCUT2D eigenvalue weighted by Crippen LogP contribution is 2.48. The summed E-state index contributed by atoms with van der Waals surface area (Å²) >= 11 is 0. The zero-order valence-electron chi connectivity index (χ0n) is 11.4. The minimum atomic E-state index is 0.212. The van der Waals surface area contributed by atoms with E-state index in [0.717, 1.165) is 30.9 Å². The third-order valence-corrected chi connectivity index (χ3v) is 4.61. The standard InChI is InChI=1S/C14H28N2O/c1-3-17-14(8-15)10-16(2)9-13-7-11-4-5-12(13)6-11/h11-14H,3-10,15H2,1-2H3. The largest absolute Gasteiger partial charge is 0.376 e. The van der Waals surface area contributed by atoms with Crippen molar-refractivity contribution < 1.29 is 4.74 Å². The van der Waals surface area contributed by atoms with E-state index >= 15 is 0 Å². The van der Waals surface area contributed by atoms with Gasteiger partial charge in [-0.3, -0.25) is 0 Å². The molecule has 0 spiro atoms. The van der Waals surface area contributed by atoms with Crippen LogP contribution in [0.2, 0.25) is 0 Å². The van der Waals surface area contributed by atoms with Crippen molar-refractivity contribution in [3.63, 3.8) is 0 Å². The normalized spacial score (nSPS) is 33.5. The van der Waals surface area contributed by atoms with Gasteiger partial charge in [0.05, 0.1) is 6.10 Å². The highest BCUT2D eigenvalue weighted by atomic mass is 16.5. The summed E-state index contributed by atoms with van der Waals surface area (Å²) < 4.78 is 5.62. The molecule has 17 heavy (non-hydrogen) atoms. The summed E-state index contributed by atoms with van der Waals surface area (Å²) in [5.41, 5.74) is 5.72. The Morgan fingerprint density at radius 2 is 2.18 bits per heavy atom. The Labute approximate surface area is 106 Å². The quantitative estimate of drug-likeness (QED) is 0.736. The lowest BCUT2D eigenvalue weighted by molar-refractivity contribution is 0.0398. The van der Waals surface area contributed by atoms with Gasteiger partial charge in [0.15, 0.2) is 0 Å². The van der Waals surface area contributed by atoms with Crippen molar-refractivity contribution >= 4 is 0 Å². The van der Waals surface area contributed by atoms with Crippen molar-refractivity contribution in [3.05, 3.63) is 0 Å². The number of fused-ring (bicyclic) bond motifs is 2. The first-order valence-corrected chi connectivity index (χ1v) is 7.23. The first-order valence-electron chi connectivity index (χ1n) is 7.23. The predicted octanol–water partition coefficient (Wildman–Crippen LogP) is 1.72. The summed E-state index contributed by atoms with van der Waals surface area (Å²) in [6.07, 6.45) is 6.16. The number of nitrogens with two attached hydrogens (primary N) is 1. The van der Waals surface area contributed by atoms with Crippen LogP contribution in [-0.2, 0) is 4.74 Å². The second-order valence-corrected chi connectivity index (χ2v) is 5.97. The fourth-order valence-electron chi connectivity index (χ4n) is 3.85. The second kappa shape index (κ2) is 6.17. The molecule has 0 aromatic carbocycles. The van der Waals surface area contributed by atoms with Crippen LogP contribution in [0.1, 0.15) is 32.6 Å². The van der Waals surface area contributed by atoms with E-state index < -0.39 is 0 Å². The van der Waals surface area contributed by atoms with Crippen molar-refractivity contribution in [2.45, 2.75) is 38.7 Å². The van der Waals surface area contributed by atoms with Crippen LogP contribution in [0.5, 0.6) is 0 Å². The molecule has 2 N–H and O–H groups in total. The molecule has 2 rings (SSSR count). The molecular weight excluding hydrogens is 212 g/mol. The molecule has 0 radical (unpaired) electrons. The minimum Gasteiger partial charge on any atom is -0.376 e. The van der Waals surface area contributed by atoms with Crippen LogP contribution in [0.15, 0.2) is 0 Å². The predicted molar refractivity (Wildman–Crippen MR) is 70.9 cm³/mol. The highest BCUT2D eigenvalue weighted by Gasteiger charge is 2.39. The molecular formula is C14H28N2O. The average molecular weight is 240 g/mol. The maximum Gasteiger partial charge on any atom is 0.0823 e. The molecule has 2 aliphatic carbocycles. The topological polar surface area (TPSA) is 38.5 Å². The third-order valence-electron chi connectivity index (χ3n) is 4.61. The van der Waals surface area contributed by atoms with Gasteiger partial charge in [-0.25, -0.2) is 0 Å². The molecule has 2 bridgehead atoms. The fourth-order valence-corrected chi connectivity index (χ4v) is 3.85. The van der Waals surface area contributed by atoms with E-state index in [1.54, 1.807) is 0 Å². The van der Waals surface area contributed by atoms with Gasteiger partial charge in [0, 0.05) is 26.2 Å². The highest BCUT2D eigenvalue weighted by molar-refractivity contribution is 4.91. The van der Waals surface area contributed by atoms with Gasteiger partial charge < -0.3 is 15.4 Å². The van der Waals surface area contributed by atoms with Crippen molar-refractivity contribution in [2.24, 2.45) is 23.5 Å². The van der Waals surface area contributed by atoms with Gasteiger partial charge in [0.25, 0.3) is 0 Å². The van der Waals surface area contributed by atoms with Gasteiger partial charge >= 0.3 is 0 Å². The molecule has 4 unspecified atom stereocenters. The molecule has 4 atom stereocenters. The number of hydrogen-bond donors (Lipinski definition) is 1. The molecule has 3 heteroatoms. The molecule has 0 aliphatic heterocycles. The Hall–Kier alpha value is -0.120. The zero-order chi connectivity index (χ0) is 12.3. The van der Waals surface area contributed by atoms with E-state index in [9.17, 15) is 0 Å². The minimum absolute atomic E-state index is 0.212. The van der Waals surface area contributed by atoms with Gasteiger partial charge in [-0.05, 0) is 51.0 Å². The van der Waals surface area contributed by atoms with E-state index in [1.165, 1.54) is 32.2 Å². The number of likely N-dealkylation sites (N-methyl/N-ethyl adjacent to an activating group) is 1. The maximum absolute atomic E-state index is 5.72. The molecule has 100 valence electrons. The summed E-state index contributed by atoms with van der Waals surface area (Å²) in [6, 6.07) is 0. The monoisotopic (exact) mass is 240 g/mol. The molecule has 2 fully saturated rings. The summed E-state index contributed by atoms with van der Waals surface area (Å²) in [6.45, 7) is 5.67. The average Bonchev–Trinajstić information content (AvgIpc) is 2.90. The Morgan fingerprint density at radius 1 is 1.35 bits per heavy atom. The number of ether oxygens (including phenoxy) is 1. The second-order valence-electron chi connectivity index (χ2n) is 5.97. The van der Waals surface area contributed by atoms with Crippen molar-refractivity contribution in [1.82, 2.24) is 4.90 Å². The van der Waals surface area contributed by atoms with Crippen LogP contribution in [0.25, 0.3) is 0 Å². The van der Waals surface area contributed by atoms with Crippen LogP contribution in [-0.4, -0.2) is 44.3 Å². The van der Waals surface area contributed by atoms with Gasteiger partial charge in [-0.15, -0.1) is 0 Å². The van der Waals surface area contributed by atoms with Crippen LogP contribution < -0.4 is 5.73 Å². The van der Waals surface area contributed by atoms with Gasteiger partial charge in [0.2, 0.25) is 0 Å². The van der Waals surface area contributed by atoms with E-state index in [4.69, 9.17) is 10.5 Å². The lowest BCUT2D eigenvalue weighted by Crippen LogP contribution is -2.39. The molecule has 0 heterocycles. The van der Waals surface area contributed by atoms with Crippen LogP contribution >= 0.6 is 0 Å². The third kappa shape index (κ3) is 3.43. The first-order chi connectivity index (χ1) is 8.22. The Bertz CT molecular complexity index is 234. The molecule has 0 amide bonds. The van der Waals surface area contributed by atoms with E-state index in [0.29, 0.717) is 6.54 Å². The van der Waals surface area contributed by atoms with E-state index in [2.05, 4.69) is 11.9 Å². The molecule has 0 saturated heterocycles. The fraction of sp³-hybridized carbons (Fsp3) is 1.00. The Morgan fingerprint density at radius 3 is 2.71 bits per heavy atom. The Balaban J connectivity index is 1.71. The number of rotatable bonds is 7. The van der Waals surface area contributed by atoms with E-state index in [1.807, 2.05) is 6.92 Å². The summed E-state index contributed by atoms with van der Waals surface area (Å²) in [5, 5.41) is 0. The summed E-state index contributed by atoms with van der Waals surface area (Å²) in [7, 11) is 2.22. The van der Waals surface area contributed by atoms with Crippen molar-refractivity contribution in [1.29, 1.82) is 0 Å². The molecule has 3 nitrogen and oxygen atoms in total. The Kier molecular flexibility index (Phi) is 4.83. The van der Waals surface area contributed by atoms with Crippen LogP contribution in [0.4, 0.5) is 0 Å². The molecule has 2 saturated carbocycles.